The normalized spacial score (nSPS) is 10.1. The van der Waals surface area contributed by atoms with Crippen LogP contribution >= 0.6 is 0 Å². The van der Waals surface area contributed by atoms with Crippen molar-refractivity contribution in [2.24, 2.45) is 0 Å². The number of nitrogens with one attached hydrogen (secondary N) is 1. The highest BCUT2D eigenvalue weighted by atomic mass is 16.6. The molecule has 6 nitrogen and oxygen atoms in total. The van der Waals surface area contributed by atoms with E-state index in [0.717, 1.165) is 0 Å². The number of nitrogens with zero attached hydrogens (tertiary/aromatic N) is 1. The predicted octanol–water partition coefficient (Wildman–Crippen LogP) is 3.55. The Hall–Kier alpha value is -2.89. The molecule has 2 aromatic carbocycles. The van der Waals surface area contributed by atoms with Gasteiger partial charge in [-0.25, -0.2) is 0 Å². The lowest BCUT2D eigenvalue weighted by molar-refractivity contribution is -0.384. The van der Waals surface area contributed by atoms with Crippen molar-refractivity contribution >= 4 is 17.3 Å². The molecule has 1 amide bonds. The summed E-state index contributed by atoms with van der Waals surface area (Å²) >= 11 is 0. The van der Waals surface area contributed by atoms with Gasteiger partial charge in [0, 0.05) is 23.4 Å². The summed E-state index contributed by atoms with van der Waals surface area (Å²) in [5, 5.41) is 13.5. The monoisotopic (exact) mass is 300 g/mol. The fourth-order valence-corrected chi connectivity index (χ4v) is 1.99. The number of carbonyl (C=O) groups is 1. The number of non-ortho nitro benzene ring substituents is 1. The Morgan fingerprint density at radius 2 is 2.05 bits per heavy atom. The van der Waals surface area contributed by atoms with Crippen LogP contribution in [0.2, 0.25) is 0 Å². The molecule has 0 aliphatic carbocycles. The third-order valence-electron chi connectivity index (χ3n) is 3.08. The highest BCUT2D eigenvalue weighted by Gasteiger charge is 2.12. The molecule has 0 spiro atoms. The van der Waals surface area contributed by atoms with E-state index in [1.807, 2.05) is 6.92 Å². The summed E-state index contributed by atoms with van der Waals surface area (Å²) < 4.78 is 5.36. The number of anilines is 1. The maximum absolute atomic E-state index is 12.2. The summed E-state index contributed by atoms with van der Waals surface area (Å²) in [6, 6.07) is 11.2. The molecule has 114 valence electrons. The Balaban J connectivity index is 2.18. The molecule has 0 atom stereocenters. The van der Waals surface area contributed by atoms with Crippen LogP contribution in [0.3, 0.4) is 0 Å². The van der Waals surface area contributed by atoms with Crippen LogP contribution in [-0.2, 0) is 0 Å². The molecule has 0 saturated heterocycles. The second kappa shape index (κ2) is 6.71. The van der Waals surface area contributed by atoms with Gasteiger partial charge in [0.1, 0.15) is 5.75 Å². The van der Waals surface area contributed by atoms with Crippen LogP contribution in [-0.4, -0.2) is 17.4 Å². The van der Waals surface area contributed by atoms with Crippen LogP contribution in [0.4, 0.5) is 11.4 Å². The predicted molar refractivity (Wildman–Crippen MR) is 83.4 cm³/mol. The summed E-state index contributed by atoms with van der Waals surface area (Å²) in [7, 11) is 0. The van der Waals surface area contributed by atoms with Gasteiger partial charge in [-0.1, -0.05) is 6.07 Å². The van der Waals surface area contributed by atoms with E-state index >= 15 is 0 Å². The molecule has 0 aromatic heterocycles. The summed E-state index contributed by atoms with van der Waals surface area (Å²) in [4.78, 5) is 22.5. The third kappa shape index (κ3) is 3.60. The summed E-state index contributed by atoms with van der Waals surface area (Å²) in [6.07, 6.45) is 0. The first-order valence-electron chi connectivity index (χ1n) is 6.80. The number of carbonyl (C=O) groups excluding carboxylic acids is 1. The Kier molecular flexibility index (Phi) is 4.73. The van der Waals surface area contributed by atoms with E-state index in [-0.39, 0.29) is 11.6 Å². The van der Waals surface area contributed by atoms with Gasteiger partial charge in [0.25, 0.3) is 11.6 Å². The average Bonchev–Trinajstić information content (AvgIpc) is 2.49. The lowest BCUT2D eigenvalue weighted by Gasteiger charge is -2.09. The molecule has 0 radical (unpaired) electrons. The number of nitro benzene ring substituents is 1. The number of amides is 1. The molecule has 2 aromatic rings. The minimum atomic E-state index is -0.468. The second-order valence-electron chi connectivity index (χ2n) is 4.67. The molecule has 0 heterocycles. The maximum Gasteiger partial charge on any atom is 0.269 e. The van der Waals surface area contributed by atoms with Gasteiger partial charge in [-0.15, -0.1) is 0 Å². The van der Waals surface area contributed by atoms with Gasteiger partial charge >= 0.3 is 0 Å². The van der Waals surface area contributed by atoms with Crippen molar-refractivity contribution < 1.29 is 14.5 Å². The number of aryl methyl sites for hydroxylation is 1. The van der Waals surface area contributed by atoms with Crippen molar-refractivity contribution in [1.29, 1.82) is 0 Å². The van der Waals surface area contributed by atoms with E-state index in [0.29, 0.717) is 29.2 Å². The van der Waals surface area contributed by atoms with E-state index in [1.165, 1.54) is 18.2 Å². The molecule has 2 rings (SSSR count). The van der Waals surface area contributed by atoms with Gasteiger partial charge in [0.15, 0.2) is 0 Å². The molecular formula is C16H16N2O4. The van der Waals surface area contributed by atoms with Crippen molar-refractivity contribution in [2.45, 2.75) is 13.8 Å². The molecular weight excluding hydrogens is 284 g/mol. The second-order valence-corrected chi connectivity index (χ2v) is 4.67. The van der Waals surface area contributed by atoms with Gasteiger partial charge < -0.3 is 10.1 Å². The number of ether oxygens (including phenoxy) is 1. The van der Waals surface area contributed by atoms with Gasteiger partial charge in [-0.2, -0.15) is 0 Å². The van der Waals surface area contributed by atoms with Crippen LogP contribution < -0.4 is 10.1 Å². The number of nitro groups is 1. The molecule has 0 saturated carbocycles. The Morgan fingerprint density at radius 1 is 1.27 bits per heavy atom. The fraction of sp³-hybridized carbons (Fsp3) is 0.188. The van der Waals surface area contributed by atoms with Crippen LogP contribution in [0.25, 0.3) is 0 Å². The SMILES string of the molecule is CCOc1cccc(C(=O)Nc2ccc([N+](=O)[O-])cc2C)c1. The highest BCUT2D eigenvalue weighted by Crippen LogP contribution is 2.22. The number of rotatable bonds is 5. The lowest BCUT2D eigenvalue weighted by atomic mass is 10.1. The van der Waals surface area contributed by atoms with Crippen LogP contribution in [0.5, 0.6) is 5.75 Å². The van der Waals surface area contributed by atoms with E-state index in [2.05, 4.69) is 5.32 Å². The molecule has 0 fully saturated rings. The Morgan fingerprint density at radius 3 is 2.68 bits per heavy atom. The maximum atomic E-state index is 12.2. The van der Waals surface area contributed by atoms with E-state index in [9.17, 15) is 14.9 Å². The largest absolute Gasteiger partial charge is 0.494 e. The number of benzene rings is 2. The van der Waals surface area contributed by atoms with Crippen LogP contribution in [0.15, 0.2) is 42.5 Å². The number of hydrogen-bond donors (Lipinski definition) is 1. The highest BCUT2D eigenvalue weighted by molar-refractivity contribution is 6.04. The summed E-state index contributed by atoms with van der Waals surface area (Å²) in [5.41, 5.74) is 1.62. The zero-order chi connectivity index (χ0) is 16.1. The summed E-state index contributed by atoms with van der Waals surface area (Å²) in [5.74, 6) is 0.328. The molecule has 0 aliphatic heterocycles. The van der Waals surface area contributed by atoms with Crippen molar-refractivity contribution in [3.05, 3.63) is 63.7 Å². The zero-order valence-corrected chi connectivity index (χ0v) is 12.3. The first-order chi connectivity index (χ1) is 10.5. The van der Waals surface area contributed by atoms with Crippen molar-refractivity contribution in [2.75, 3.05) is 11.9 Å². The molecule has 0 aliphatic rings. The molecule has 6 heteroatoms. The summed E-state index contributed by atoms with van der Waals surface area (Å²) in [6.45, 7) is 4.10. The zero-order valence-electron chi connectivity index (χ0n) is 12.3. The molecule has 0 unspecified atom stereocenters. The minimum Gasteiger partial charge on any atom is -0.494 e. The average molecular weight is 300 g/mol. The molecule has 1 N–H and O–H groups in total. The Bertz CT molecular complexity index is 713. The van der Waals surface area contributed by atoms with Crippen molar-refractivity contribution in [3.8, 4) is 5.75 Å². The van der Waals surface area contributed by atoms with Gasteiger partial charge in [0.05, 0.1) is 11.5 Å². The van der Waals surface area contributed by atoms with E-state index in [1.54, 1.807) is 31.2 Å². The van der Waals surface area contributed by atoms with Crippen molar-refractivity contribution in [1.82, 2.24) is 0 Å². The van der Waals surface area contributed by atoms with Gasteiger partial charge in [-0.3, -0.25) is 14.9 Å². The quantitative estimate of drug-likeness (QED) is 0.676. The third-order valence-corrected chi connectivity index (χ3v) is 3.08. The standard InChI is InChI=1S/C16H16N2O4/c1-3-22-14-6-4-5-12(10-14)16(19)17-15-8-7-13(18(20)21)9-11(15)2/h4-10H,3H2,1-2H3,(H,17,19). The topological polar surface area (TPSA) is 81.5 Å². The van der Waals surface area contributed by atoms with Gasteiger partial charge in [-0.05, 0) is 43.7 Å². The smallest absolute Gasteiger partial charge is 0.269 e. The lowest BCUT2D eigenvalue weighted by Crippen LogP contribution is -2.13. The first kappa shape index (κ1) is 15.5. The Labute approximate surface area is 127 Å². The number of hydrogen-bond acceptors (Lipinski definition) is 4. The van der Waals surface area contributed by atoms with E-state index in [4.69, 9.17) is 4.74 Å². The fourth-order valence-electron chi connectivity index (χ4n) is 1.99. The molecule has 0 bridgehead atoms. The molecule has 22 heavy (non-hydrogen) atoms. The van der Waals surface area contributed by atoms with E-state index < -0.39 is 4.92 Å². The van der Waals surface area contributed by atoms with Crippen LogP contribution in [0, 0.1) is 17.0 Å². The minimum absolute atomic E-state index is 0.00570. The van der Waals surface area contributed by atoms with Crippen LogP contribution in [0.1, 0.15) is 22.8 Å². The van der Waals surface area contributed by atoms with Gasteiger partial charge in [0.2, 0.25) is 0 Å². The first-order valence-corrected chi connectivity index (χ1v) is 6.80. The van der Waals surface area contributed by atoms with Crippen molar-refractivity contribution in [3.63, 3.8) is 0 Å².